The van der Waals surface area contributed by atoms with E-state index in [1.165, 1.54) is 11.0 Å². The highest BCUT2D eigenvalue weighted by Gasteiger charge is 2.53. The number of benzene rings is 2. The van der Waals surface area contributed by atoms with Gasteiger partial charge in [-0.15, -0.1) is 0 Å². The SMILES string of the molecule is O=C1N(c2cccc(C(F)(F)F)c2)c2ccc(CCC3CCOCC3)cc2C12CCCCO2. The van der Waals surface area contributed by atoms with E-state index in [0.29, 0.717) is 24.6 Å². The van der Waals surface area contributed by atoms with Gasteiger partial charge in [-0.2, -0.15) is 13.2 Å². The quantitative estimate of drug-likeness (QED) is 0.551. The first kappa shape index (κ1) is 22.4. The monoisotopic (exact) mass is 459 g/mol. The molecule has 2 saturated heterocycles. The second-order valence-corrected chi connectivity index (χ2v) is 9.27. The molecule has 4 nitrogen and oxygen atoms in total. The van der Waals surface area contributed by atoms with Crippen LogP contribution in [0.4, 0.5) is 24.5 Å². The molecule has 2 aromatic rings. The van der Waals surface area contributed by atoms with Crippen LogP contribution in [0.3, 0.4) is 0 Å². The number of carbonyl (C=O) groups is 1. The Balaban J connectivity index is 1.50. The third-order valence-electron chi connectivity index (χ3n) is 7.17. The third-order valence-corrected chi connectivity index (χ3v) is 7.17. The van der Waals surface area contributed by atoms with Gasteiger partial charge in [0.05, 0.1) is 11.3 Å². The summed E-state index contributed by atoms with van der Waals surface area (Å²) in [6, 6.07) is 10.9. The van der Waals surface area contributed by atoms with Crippen LogP contribution >= 0.6 is 0 Å². The molecule has 0 N–H and O–H groups in total. The molecule has 1 spiro atoms. The minimum atomic E-state index is -4.48. The Morgan fingerprint density at radius 2 is 1.85 bits per heavy atom. The minimum absolute atomic E-state index is 0.220. The molecule has 3 aliphatic heterocycles. The van der Waals surface area contributed by atoms with Crippen molar-refractivity contribution in [3.63, 3.8) is 0 Å². The van der Waals surface area contributed by atoms with Crippen molar-refractivity contribution in [3.8, 4) is 0 Å². The van der Waals surface area contributed by atoms with Gasteiger partial charge in [0.15, 0.2) is 5.60 Å². The van der Waals surface area contributed by atoms with Gasteiger partial charge in [-0.1, -0.05) is 18.2 Å². The van der Waals surface area contributed by atoms with Crippen molar-refractivity contribution in [1.29, 1.82) is 0 Å². The van der Waals surface area contributed by atoms with Crippen molar-refractivity contribution in [2.45, 2.75) is 56.7 Å². The van der Waals surface area contributed by atoms with Crippen LogP contribution in [0.15, 0.2) is 42.5 Å². The van der Waals surface area contributed by atoms with Crippen LogP contribution in [0.25, 0.3) is 0 Å². The fourth-order valence-corrected chi connectivity index (χ4v) is 5.32. The van der Waals surface area contributed by atoms with Crippen molar-refractivity contribution in [2.24, 2.45) is 5.92 Å². The lowest BCUT2D eigenvalue weighted by Gasteiger charge is -2.33. The van der Waals surface area contributed by atoms with Crippen LogP contribution in [0.2, 0.25) is 0 Å². The molecule has 0 aromatic heterocycles. The van der Waals surface area contributed by atoms with Gasteiger partial charge in [0.1, 0.15) is 0 Å². The molecular weight excluding hydrogens is 431 g/mol. The molecule has 1 unspecified atom stereocenters. The second kappa shape index (κ2) is 8.76. The number of hydrogen-bond acceptors (Lipinski definition) is 3. The topological polar surface area (TPSA) is 38.8 Å². The number of fused-ring (bicyclic) bond motifs is 2. The van der Waals surface area contributed by atoms with Gasteiger partial charge < -0.3 is 9.47 Å². The van der Waals surface area contributed by atoms with Gasteiger partial charge in [-0.3, -0.25) is 9.69 Å². The molecule has 7 heteroatoms. The molecule has 0 aliphatic carbocycles. The molecule has 3 aliphatic rings. The summed E-state index contributed by atoms with van der Waals surface area (Å²) >= 11 is 0. The summed E-state index contributed by atoms with van der Waals surface area (Å²) in [5.41, 5.74) is 0.874. The molecule has 33 heavy (non-hydrogen) atoms. The first-order valence-electron chi connectivity index (χ1n) is 11.8. The Morgan fingerprint density at radius 3 is 2.58 bits per heavy atom. The van der Waals surface area contributed by atoms with Gasteiger partial charge in [-0.05, 0) is 80.7 Å². The fraction of sp³-hybridized carbons (Fsp3) is 0.500. The number of rotatable bonds is 4. The lowest BCUT2D eigenvalue weighted by molar-refractivity contribution is -0.149. The Hall–Kier alpha value is -2.38. The molecule has 176 valence electrons. The molecule has 0 bridgehead atoms. The van der Waals surface area contributed by atoms with Gasteiger partial charge in [0, 0.05) is 31.1 Å². The predicted octanol–water partition coefficient (Wildman–Crippen LogP) is 6.14. The first-order chi connectivity index (χ1) is 15.9. The molecule has 2 aromatic carbocycles. The average Bonchev–Trinajstić information content (AvgIpc) is 3.05. The van der Waals surface area contributed by atoms with E-state index in [2.05, 4.69) is 0 Å². The smallest absolute Gasteiger partial charge is 0.381 e. The van der Waals surface area contributed by atoms with E-state index in [0.717, 1.165) is 75.0 Å². The Labute approximate surface area is 191 Å². The summed E-state index contributed by atoms with van der Waals surface area (Å²) in [6.07, 6.45) is 1.87. The van der Waals surface area contributed by atoms with Crippen LogP contribution in [-0.2, 0) is 32.5 Å². The van der Waals surface area contributed by atoms with Crippen LogP contribution in [0, 0.1) is 5.92 Å². The maximum absolute atomic E-state index is 13.7. The van der Waals surface area contributed by atoms with Crippen molar-refractivity contribution in [3.05, 3.63) is 59.2 Å². The molecule has 1 atom stereocenters. The minimum Gasteiger partial charge on any atom is -0.381 e. The van der Waals surface area contributed by atoms with Crippen molar-refractivity contribution >= 4 is 17.3 Å². The van der Waals surface area contributed by atoms with E-state index in [9.17, 15) is 18.0 Å². The lowest BCUT2D eigenvalue weighted by Crippen LogP contribution is -2.43. The summed E-state index contributed by atoms with van der Waals surface area (Å²) in [7, 11) is 0. The predicted molar refractivity (Wildman–Crippen MR) is 118 cm³/mol. The molecule has 2 fully saturated rings. The Bertz CT molecular complexity index is 1020. The normalized spacial score (nSPS) is 23.8. The summed E-state index contributed by atoms with van der Waals surface area (Å²) < 4.78 is 51.6. The number of halogens is 3. The molecule has 0 radical (unpaired) electrons. The number of nitrogens with zero attached hydrogens (tertiary/aromatic N) is 1. The molecule has 0 saturated carbocycles. The van der Waals surface area contributed by atoms with Crippen LogP contribution in [-0.4, -0.2) is 25.7 Å². The Morgan fingerprint density at radius 1 is 1.03 bits per heavy atom. The second-order valence-electron chi connectivity index (χ2n) is 9.27. The standard InChI is InChI=1S/C26H28F3NO3/c27-26(28,29)20-4-3-5-21(17-20)30-23-9-8-19(7-6-18-10-14-32-15-11-18)16-22(23)25(24(30)31)12-1-2-13-33-25/h3-5,8-9,16-18H,1-2,6-7,10-15H2. The van der Waals surface area contributed by atoms with E-state index in [-0.39, 0.29) is 11.6 Å². The van der Waals surface area contributed by atoms with Crippen LogP contribution in [0.5, 0.6) is 0 Å². The van der Waals surface area contributed by atoms with E-state index < -0.39 is 17.3 Å². The maximum Gasteiger partial charge on any atom is 0.416 e. The summed E-state index contributed by atoms with van der Waals surface area (Å²) in [5, 5.41) is 0. The van der Waals surface area contributed by atoms with E-state index in [4.69, 9.17) is 9.47 Å². The maximum atomic E-state index is 13.7. The highest BCUT2D eigenvalue weighted by molar-refractivity contribution is 6.12. The van der Waals surface area contributed by atoms with Gasteiger partial charge >= 0.3 is 6.18 Å². The van der Waals surface area contributed by atoms with Gasteiger partial charge in [0.25, 0.3) is 5.91 Å². The number of anilines is 2. The molecular formula is C26H28F3NO3. The van der Waals surface area contributed by atoms with E-state index in [1.807, 2.05) is 18.2 Å². The zero-order valence-corrected chi connectivity index (χ0v) is 18.5. The Kier molecular flexibility index (Phi) is 5.95. The number of hydrogen-bond donors (Lipinski definition) is 0. The summed E-state index contributed by atoms with van der Waals surface area (Å²) in [6.45, 7) is 2.09. The summed E-state index contributed by atoms with van der Waals surface area (Å²) in [4.78, 5) is 15.1. The van der Waals surface area contributed by atoms with Crippen molar-refractivity contribution in [2.75, 3.05) is 24.7 Å². The van der Waals surface area contributed by atoms with Gasteiger partial charge in [0.2, 0.25) is 0 Å². The molecule has 5 rings (SSSR count). The number of amides is 1. The number of alkyl halides is 3. The summed E-state index contributed by atoms with van der Waals surface area (Å²) in [5.74, 6) is 0.341. The van der Waals surface area contributed by atoms with Crippen LogP contribution in [0.1, 0.15) is 55.2 Å². The highest BCUT2D eigenvalue weighted by Crippen LogP contribution is 2.51. The zero-order valence-electron chi connectivity index (χ0n) is 18.5. The average molecular weight is 460 g/mol. The van der Waals surface area contributed by atoms with Crippen molar-refractivity contribution < 1.29 is 27.4 Å². The third kappa shape index (κ3) is 4.17. The number of carbonyl (C=O) groups excluding carboxylic acids is 1. The first-order valence-corrected chi connectivity index (χ1v) is 11.8. The lowest BCUT2D eigenvalue weighted by atomic mass is 9.85. The highest BCUT2D eigenvalue weighted by atomic mass is 19.4. The fourth-order valence-electron chi connectivity index (χ4n) is 5.32. The molecule has 1 amide bonds. The number of aryl methyl sites for hydroxylation is 1. The van der Waals surface area contributed by atoms with Crippen molar-refractivity contribution in [1.82, 2.24) is 0 Å². The van der Waals surface area contributed by atoms with E-state index in [1.54, 1.807) is 6.07 Å². The van der Waals surface area contributed by atoms with E-state index >= 15 is 0 Å². The largest absolute Gasteiger partial charge is 0.416 e. The van der Waals surface area contributed by atoms with Crippen LogP contribution < -0.4 is 4.90 Å². The van der Waals surface area contributed by atoms with Gasteiger partial charge in [-0.25, -0.2) is 0 Å². The molecule has 3 heterocycles. The zero-order chi connectivity index (χ0) is 23.1. The number of ether oxygens (including phenoxy) is 2.